The van der Waals surface area contributed by atoms with Gasteiger partial charge in [-0.1, -0.05) is 6.92 Å². The van der Waals surface area contributed by atoms with E-state index >= 15 is 0 Å². The first-order chi connectivity index (χ1) is 6.35. The maximum atomic E-state index is 5.64. The second-order valence-corrected chi connectivity index (χ2v) is 4.46. The molecule has 0 spiro atoms. The molecule has 0 atom stereocenters. The van der Waals surface area contributed by atoms with Crippen molar-refractivity contribution in [1.29, 1.82) is 0 Å². The van der Waals surface area contributed by atoms with Crippen molar-refractivity contribution in [2.24, 2.45) is 10.7 Å². The summed E-state index contributed by atoms with van der Waals surface area (Å²) >= 11 is 5.00. The molecular formula is C9H20N4S. The summed E-state index contributed by atoms with van der Waals surface area (Å²) in [4.78, 5) is 4.21. The van der Waals surface area contributed by atoms with Crippen molar-refractivity contribution in [1.82, 2.24) is 10.6 Å². The Morgan fingerprint density at radius 2 is 2.00 bits per heavy atom. The number of thiocarbonyl (C=S) groups is 1. The van der Waals surface area contributed by atoms with Gasteiger partial charge in [0, 0.05) is 6.54 Å². The van der Waals surface area contributed by atoms with Gasteiger partial charge in [-0.05, 0) is 39.4 Å². The monoisotopic (exact) mass is 216 g/mol. The first-order valence-corrected chi connectivity index (χ1v) is 5.16. The van der Waals surface area contributed by atoms with Crippen molar-refractivity contribution < 1.29 is 0 Å². The lowest BCUT2D eigenvalue weighted by molar-refractivity contribution is 0.580. The SMILES string of the molecule is CCCNC(=S)NC(N)=NC(C)(C)C. The number of aliphatic imine (C=N–C) groups is 1. The van der Waals surface area contributed by atoms with E-state index in [4.69, 9.17) is 18.0 Å². The fourth-order valence-electron chi connectivity index (χ4n) is 0.788. The summed E-state index contributed by atoms with van der Waals surface area (Å²) in [6.45, 7) is 8.84. The first-order valence-electron chi connectivity index (χ1n) is 4.75. The molecule has 0 unspecified atom stereocenters. The third-order valence-electron chi connectivity index (χ3n) is 1.23. The molecule has 14 heavy (non-hydrogen) atoms. The van der Waals surface area contributed by atoms with Crippen LogP contribution in [0, 0.1) is 0 Å². The van der Waals surface area contributed by atoms with Crippen molar-refractivity contribution in [2.75, 3.05) is 6.54 Å². The molecule has 4 nitrogen and oxygen atoms in total. The summed E-state index contributed by atoms with van der Waals surface area (Å²) < 4.78 is 0. The number of hydrogen-bond donors (Lipinski definition) is 3. The fraction of sp³-hybridized carbons (Fsp3) is 0.778. The molecule has 0 aliphatic heterocycles. The van der Waals surface area contributed by atoms with Gasteiger partial charge in [-0.3, -0.25) is 0 Å². The Morgan fingerprint density at radius 3 is 2.43 bits per heavy atom. The van der Waals surface area contributed by atoms with Crippen LogP contribution in [-0.2, 0) is 0 Å². The van der Waals surface area contributed by atoms with Crippen molar-refractivity contribution >= 4 is 23.3 Å². The molecule has 0 radical (unpaired) electrons. The van der Waals surface area contributed by atoms with Gasteiger partial charge >= 0.3 is 0 Å². The van der Waals surface area contributed by atoms with E-state index in [0.29, 0.717) is 11.1 Å². The predicted octanol–water partition coefficient (Wildman–Crippen LogP) is 0.974. The van der Waals surface area contributed by atoms with Crippen LogP contribution in [0.15, 0.2) is 4.99 Å². The molecule has 0 aliphatic rings. The van der Waals surface area contributed by atoms with Crippen molar-refractivity contribution in [2.45, 2.75) is 39.7 Å². The van der Waals surface area contributed by atoms with Gasteiger partial charge in [0.2, 0.25) is 0 Å². The normalized spacial score (nSPS) is 12.4. The fourth-order valence-corrected chi connectivity index (χ4v) is 0.995. The second kappa shape index (κ2) is 5.80. The third-order valence-corrected chi connectivity index (χ3v) is 1.48. The molecule has 0 heterocycles. The molecule has 4 N–H and O–H groups in total. The average molecular weight is 216 g/mol. The molecule has 0 amide bonds. The highest BCUT2D eigenvalue weighted by molar-refractivity contribution is 7.80. The van der Waals surface area contributed by atoms with Crippen LogP contribution >= 0.6 is 12.2 Å². The number of nitrogens with zero attached hydrogens (tertiary/aromatic N) is 1. The maximum Gasteiger partial charge on any atom is 0.195 e. The van der Waals surface area contributed by atoms with Crippen LogP contribution in [0.3, 0.4) is 0 Å². The number of nitrogens with two attached hydrogens (primary N) is 1. The molecule has 0 saturated carbocycles. The zero-order valence-corrected chi connectivity index (χ0v) is 10.2. The molecule has 0 fully saturated rings. The maximum absolute atomic E-state index is 5.64. The third kappa shape index (κ3) is 7.79. The molecule has 0 rings (SSSR count). The zero-order chi connectivity index (χ0) is 11.2. The number of rotatable bonds is 2. The van der Waals surface area contributed by atoms with Gasteiger partial charge in [-0.25, -0.2) is 4.99 Å². The van der Waals surface area contributed by atoms with Crippen LogP contribution in [0.1, 0.15) is 34.1 Å². The standard InChI is InChI=1S/C9H20N4S/c1-5-6-11-8(14)12-7(10)13-9(2,3)4/h5-6H2,1-4H3,(H4,10,11,12,13,14). The van der Waals surface area contributed by atoms with Gasteiger partial charge in [0.1, 0.15) is 0 Å². The van der Waals surface area contributed by atoms with Crippen LogP contribution in [0.4, 0.5) is 0 Å². The highest BCUT2D eigenvalue weighted by Crippen LogP contribution is 2.04. The lowest BCUT2D eigenvalue weighted by Crippen LogP contribution is -2.44. The van der Waals surface area contributed by atoms with Crippen LogP contribution in [0.5, 0.6) is 0 Å². The first kappa shape index (κ1) is 13.2. The highest BCUT2D eigenvalue weighted by Gasteiger charge is 2.08. The summed E-state index contributed by atoms with van der Waals surface area (Å²) in [7, 11) is 0. The van der Waals surface area contributed by atoms with Gasteiger partial charge in [0.05, 0.1) is 5.54 Å². The lowest BCUT2D eigenvalue weighted by atomic mass is 10.1. The molecule has 0 bridgehead atoms. The largest absolute Gasteiger partial charge is 0.370 e. The Hall–Kier alpha value is -0.840. The average Bonchev–Trinajstić information content (AvgIpc) is 1.96. The minimum absolute atomic E-state index is 0.183. The summed E-state index contributed by atoms with van der Waals surface area (Å²) in [6, 6.07) is 0. The quantitative estimate of drug-likeness (QED) is 0.366. The van der Waals surface area contributed by atoms with Gasteiger partial charge in [0.25, 0.3) is 0 Å². The van der Waals surface area contributed by atoms with Crippen LogP contribution in [-0.4, -0.2) is 23.2 Å². The summed E-state index contributed by atoms with van der Waals surface area (Å²) in [6.07, 6.45) is 1.03. The van der Waals surface area contributed by atoms with Crippen molar-refractivity contribution in [3.63, 3.8) is 0 Å². The Balaban J connectivity index is 3.99. The lowest BCUT2D eigenvalue weighted by Gasteiger charge is -2.15. The van der Waals surface area contributed by atoms with Crippen LogP contribution in [0.2, 0.25) is 0 Å². The van der Waals surface area contributed by atoms with E-state index in [9.17, 15) is 0 Å². The minimum atomic E-state index is -0.183. The predicted molar refractivity (Wildman–Crippen MR) is 65.4 cm³/mol. The van der Waals surface area contributed by atoms with E-state index in [2.05, 4.69) is 22.5 Å². The Morgan fingerprint density at radius 1 is 1.43 bits per heavy atom. The molecular weight excluding hydrogens is 196 g/mol. The Labute approximate surface area is 91.4 Å². The molecule has 0 saturated heterocycles. The van der Waals surface area contributed by atoms with E-state index < -0.39 is 0 Å². The van der Waals surface area contributed by atoms with Crippen molar-refractivity contribution in [3.8, 4) is 0 Å². The summed E-state index contributed by atoms with van der Waals surface area (Å²) in [5, 5.41) is 6.35. The van der Waals surface area contributed by atoms with Crippen molar-refractivity contribution in [3.05, 3.63) is 0 Å². The van der Waals surface area contributed by atoms with E-state index in [1.165, 1.54) is 0 Å². The molecule has 0 aliphatic carbocycles. The smallest absolute Gasteiger partial charge is 0.195 e. The number of nitrogens with one attached hydrogen (secondary N) is 2. The van der Waals surface area contributed by atoms with Gasteiger partial charge in [-0.2, -0.15) is 0 Å². The number of hydrogen-bond acceptors (Lipinski definition) is 2. The molecule has 0 aromatic rings. The van der Waals surface area contributed by atoms with E-state index in [0.717, 1.165) is 13.0 Å². The van der Waals surface area contributed by atoms with E-state index in [1.807, 2.05) is 20.8 Å². The van der Waals surface area contributed by atoms with Gasteiger partial charge < -0.3 is 16.4 Å². The second-order valence-electron chi connectivity index (χ2n) is 4.05. The van der Waals surface area contributed by atoms with Gasteiger partial charge in [-0.15, -0.1) is 0 Å². The van der Waals surface area contributed by atoms with Crippen LogP contribution in [0.25, 0.3) is 0 Å². The van der Waals surface area contributed by atoms with E-state index in [-0.39, 0.29) is 5.54 Å². The highest BCUT2D eigenvalue weighted by atomic mass is 32.1. The Kier molecular flexibility index (Phi) is 5.45. The zero-order valence-electron chi connectivity index (χ0n) is 9.35. The summed E-state index contributed by atoms with van der Waals surface area (Å²) in [5.41, 5.74) is 5.46. The molecule has 82 valence electrons. The summed E-state index contributed by atoms with van der Waals surface area (Å²) in [5.74, 6) is 0.353. The Bertz CT molecular complexity index is 217. The molecule has 5 heteroatoms. The van der Waals surface area contributed by atoms with Crippen LogP contribution < -0.4 is 16.4 Å². The molecule has 0 aromatic heterocycles. The topological polar surface area (TPSA) is 62.4 Å². The van der Waals surface area contributed by atoms with E-state index in [1.54, 1.807) is 0 Å². The minimum Gasteiger partial charge on any atom is -0.370 e. The number of guanidine groups is 1. The van der Waals surface area contributed by atoms with Gasteiger partial charge in [0.15, 0.2) is 11.1 Å². The molecule has 0 aromatic carbocycles.